The Morgan fingerprint density at radius 3 is 1.92 bits per heavy atom. The topological polar surface area (TPSA) is 18.5 Å². The average Bonchev–Trinajstić information content (AvgIpc) is 2.67. The summed E-state index contributed by atoms with van der Waals surface area (Å²) < 4.78 is 10.9. The molecular formula is C24H32O2. The van der Waals surface area contributed by atoms with E-state index in [0.29, 0.717) is 25.0 Å². The first-order valence-electron chi connectivity index (χ1n) is 10.1. The molecule has 2 aromatic rings. The number of hydrogen-bond donors (Lipinski definition) is 0. The van der Waals surface area contributed by atoms with Gasteiger partial charge in [0.2, 0.25) is 0 Å². The number of rotatable bonds is 2. The summed E-state index contributed by atoms with van der Waals surface area (Å²) in [5.74, 6) is 2.97. The SMILES string of the molecule is CC(C)c1ccc2c(c1)CCCC2.CC(C)c1ccc2c(c1)OCCO2. The van der Waals surface area contributed by atoms with Crippen LogP contribution in [-0.2, 0) is 12.8 Å². The van der Waals surface area contributed by atoms with Gasteiger partial charge in [0, 0.05) is 0 Å². The number of benzene rings is 2. The first-order valence-corrected chi connectivity index (χ1v) is 10.1. The van der Waals surface area contributed by atoms with E-state index >= 15 is 0 Å². The molecule has 1 aliphatic heterocycles. The van der Waals surface area contributed by atoms with E-state index in [1.54, 1.807) is 11.1 Å². The Labute approximate surface area is 158 Å². The minimum Gasteiger partial charge on any atom is -0.486 e. The van der Waals surface area contributed by atoms with Gasteiger partial charge >= 0.3 is 0 Å². The van der Waals surface area contributed by atoms with Crippen LogP contribution in [0.2, 0.25) is 0 Å². The molecule has 140 valence electrons. The molecule has 2 heteroatoms. The van der Waals surface area contributed by atoms with Gasteiger partial charge in [-0.15, -0.1) is 0 Å². The maximum Gasteiger partial charge on any atom is 0.161 e. The van der Waals surface area contributed by atoms with Crippen LogP contribution in [0.3, 0.4) is 0 Å². The lowest BCUT2D eigenvalue weighted by Gasteiger charge is -2.19. The van der Waals surface area contributed by atoms with E-state index in [2.05, 4.69) is 58.0 Å². The molecule has 0 saturated heterocycles. The lowest BCUT2D eigenvalue weighted by Crippen LogP contribution is -2.15. The molecular weight excluding hydrogens is 320 g/mol. The van der Waals surface area contributed by atoms with Crippen molar-refractivity contribution in [3.63, 3.8) is 0 Å². The molecule has 0 N–H and O–H groups in total. The summed E-state index contributed by atoms with van der Waals surface area (Å²) in [6, 6.07) is 13.2. The lowest BCUT2D eigenvalue weighted by atomic mass is 9.88. The van der Waals surface area contributed by atoms with Crippen LogP contribution in [-0.4, -0.2) is 13.2 Å². The summed E-state index contributed by atoms with van der Waals surface area (Å²) in [6.45, 7) is 10.2. The third kappa shape index (κ3) is 4.60. The van der Waals surface area contributed by atoms with Gasteiger partial charge in [0.05, 0.1) is 0 Å². The molecule has 0 radical (unpaired) electrons. The molecule has 4 rings (SSSR count). The lowest BCUT2D eigenvalue weighted by molar-refractivity contribution is 0.171. The van der Waals surface area contributed by atoms with Crippen molar-refractivity contribution < 1.29 is 9.47 Å². The summed E-state index contributed by atoms with van der Waals surface area (Å²) in [7, 11) is 0. The molecule has 2 nitrogen and oxygen atoms in total. The second kappa shape index (κ2) is 8.62. The Balaban J connectivity index is 0.000000151. The zero-order valence-corrected chi connectivity index (χ0v) is 16.7. The minimum absolute atomic E-state index is 0.538. The van der Waals surface area contributed by atoms with Crippen molar-refractivity contribution in [1.82, 2.24) is 0 Å². The Morgan fingerprint density at radius 2 is 1.23 bits per heavy atom. The highest BCUT2D eigenvalue weighted by Gasteiger charge is 2.12. The molecule has 1 aliphatic carbocycles. The normalized spacial score (nSPS) is 15.3. The number of fused-ring (bicyclic) bond motifs is 2. The van der Waals surface area contributed by atoms with Crippen LogP contribution in [0.25, 0.3) is 0 Å². The smallest absolute Gasteiger partial charge is 0.161 e. The molecule has 0 aromatic heterocycles. The van der Waals surface area contributed by atoms with Gasteiger partial charge in [0.15, 0.2) is 11.5 Å². The summed E-state index contributed by atoms with van der Waals surface area (Å²) in [6.07, 6.45) is 5.37. The van der Waals surface area contributed by atoms with Crippen molar-refractivity contribution in [3.05, 3.63) is 58.7 Å². The van der Waals surface area contributed by atoms with Gasteiger partial charge in [-0.3, -0.25) is 0 Å². The molecule has 26 heavy (non-hydrogen) atoms. The van der Waals surface area contributed by atoms with Gasteiger partial charge in [0.25, 0.3) is 0 Å². The first kappa shape index (κ1) is 18.8. The predicted molar refractivity (Wildman–Crippen MR) is 109 cm³/mol. The van der Waals surface area contributed by atoms with Gasteiger partial charge in [-0.2, -0.15) is 0 Å². The summed E-state index contributed by atoms with van der Waals surface area (Å²) in [5, 5.41) is 0. The van der Waals surface area contributed by atoms with Crippen molar-refractivity contribution in [2.45, 2.75) is 65.2 Å². The minimum atomic E-state index is 0.538. The van der Waals surface area contributed by atoms with Crippen LogP contribution in [0.15, 0.2) is 36.4 Å². The molecule has 1 heterocycles. The first-order chi connectivity index (χ1) is 12.5. The fraction of sp³-hybridized carbons (Fsp3) is 0.500. The highest BCUT2D eigenvalue weighted by molar-refractivity contribution is 5.44. The second-order valence-corrected chi connectivity index (χ2v) is 7.95. The van der Waals surface area contributed by atoms with Crippen LogP contribution < -0.4 is 9.47 Å². The highest BCUT2D eigenvalue weighted by Crippen LogP contribution is 2.32. The monoisotopic (exact) mass is 352 g/mol. The van der Waals surface area contributed by atoms with Gasteiger partial charge in [-0.05, 0) is 71.9 Å². The molecule has 0 fully saturated rings. The molecule has 0 atom stereocenters. The van der Waals surface area contributed by atoms with Crippen molar-refractivity contribution in [2.75, 3.05) is 13.2 Å². The van der Waals surface area contributed by atoms with E-state index in [1.165, 1.54) is 36.8 Å². The van der Waals surface area contributed by atoms with Gasteiger partial charge in [-0.25, -0.2) is 0 Å². The summed E-state index contributed by atoms with van der Waals surface area (Å²) in [5.41, 5.74) is 6.00. The quantitative estimate of drug-likeness (QED) is 0.634. The fourth-order valence-corrected chi connectivity index (χ4v) is 3.53. The van der Waals surface area contributed by atoms with Crippen molar-refractivity contribution in [2.24, 2.45) is 0 Å². The van der Waals surface area contributed by atoms with Gasteiger partial charge < -0.3 is 9.47 Å². The molecule has 2 aliphatic rings. The van der Waals surface area contributed by atoms with E-state index < -0.39 is 0 Å². The number of ether oxygens (including phenoxy) is 2. The van der Waals surface area contributed by atoms with E-state index in [1.807, 2.05) is 6.07 Å². The molecule has 0 amide bonds. The second-order valence-electron chi connectivity index (χ2n) is 7.95. The summed E-state index contributed by atoms with van der Waals surface area (Å²) >= 11 is 0. The largest absolute Gasteiger partial charge is 0.486 e. The number of aryl methyl sites for hydroxylation is 2. The summed E-state index contributed by atoms with van der Waals surface area (Å²) in [4.78, 5) is 0. The van der Waals surface area contributed by atoms with Crippen molar-refractivity contribution in [1.29, 1.82) is 0 Å². The zero-order valence-electron chi connectivity index (χ0n) is 16.7. The average molecular weight is 353 g/mol. The van der Waals surface area contributed by atoms with Crippen LogP contribution in [0, 0.1) is 0 Å². The van der Waals surface area contributed by atoms with E-state index in [9.17, 15) is 0 Å². The fourth-order valence-electron chi connectivity index (χ4n) is 3.53. The van der Waals surface area contributed by atoms with Crippen LogP contribution in [0.4, 0.5) is 0 Å². The Hall–Kier alpha value is -1.96. The molecule has 2 aromatic carbocycles. The highest BCUT2D eigenvalue weighted by atomic mass is 16.6. The molecule has 0 bridgehead atoms. The third-order valence-corrected chi connectivity index (χ3v) is 5.27. The van der Waals surface area contributed by atoms with E-state index in [-0.39, 0.29) is 0 Å². The van der Waals surface area contributed by atoms with E-state index in [0.717, 1.165) is 11.5 Å². The Kier molecular flexibility index (Phi) is 6.24. The van der Waals surface area contributed by atoms with Gasteiger partial charge in [0.1, 0.15) is 13.2 Å². The van der Waals surface area contributed by atoms with Crippen LogP contribution in [0.1, 0.15) is 74.6 Å². The number of hydrogen-bond acceptors (Lipinski definition) is 2. The molecule has 0 spiro atoms. The third-order valence-electron chi connectivity index (χ3n) is 5.27. The molecule has 0 saturated carbocycles. The predicted octanol–water partition coefficient (Wildman–Crippen LogP) is 6.27. The maximum absolute atomic E-state index is 5.49. The van der Waals surface area contributed by atoms with Crippen LogP contribution >= 0.6 is 0 Å². The Bertz CT molecular complexity index is 667. The Morgan fingerprint density at radius 1 is 0.654 bits per heavy atom. The van der Waals surface area contributed by atoms with Crippen molar-refractivity contribution >= 4 is 0 Å². The zero-order chi connectivity index (χ0) is 18.5. The van der Waals surface area contributed by atoms with E-state index in [4.69, 9.17) is 9.47 Å². The standard InChI is InChI=1S/C13H18.C11H14O2/c1-10(2)12-8-7-11-5-3-4-6-13(11)9-12;1-8(2)9-3-4-10-11(7-9)13-6-5-12-10/h7-10H,3-6H2,1-2H3;3-4,7-8H,5-6H2,1-2H3. The maximum atomic E-state index is 5.49. The molecule has 0 unspecified atom stereocenters. The van der Waals surface area contributed by atoms with Crippen molar-refractivity contribution in [3.8, 4) is 11.5 Å². The van der Waals surface area contributed by atoms with Crippen LogP contribution in [0.5, 0.6) is 11.5 Å². The van der Waals surface area contributed by atoms with Gasteiger partial charge in [-0.1, -0.05) is 52.0 Å².